The number of halogens is 1. The molecule has 1 fully saturated rings. The quantitative estimate of drug-likeness (QED) is 0.610. The highest BCUT2D eigenvalue weighted by Gasteiger charge is 2.34. The molecule has 0 aromatic carbocycles. The molecule has 1 heterocycles. The average molecular weight is 333 g/mol. The van der Waals surface area contributed by atoms with Crippen molar-refractivity contribution in [3.8, 4) is 0 Å². The first kappa shape index (κ1) is 18.9. The number of morpholine rings is 1. The summed E-state index contributed by atoms with van der Waals surface area (Å²) in [5, 5.41) is 0. The Labute approximate surface area is 137 Å². The van der Waals surface area contributed by atoms with Crippen molar-refractivity contribution in [3.05, 3.63) is 12.2 Å². The van der Waals surface area contributed by atoms with Crippen LogP contribution in [-0.2, 0) is 19.1 Å². The summed E-state index contributed by atoms with van der Waals surface area (Å²) >= 11 is 0. The van der Waals surface area contributed by atoms with Crippen molar-refractivity contribution < 1.29 is 19.1 Å². The SMILES string of the molecule is CCOC(=O)C1CN(C(=O)C(N)C2CC=CCC2)CCO1.Cl. The number of ether oxygens (including phenoxy) is 2. The van der Waals surface area contributed by atoms with E-state index in [4.69, 9.17) is 15.2 Å². The summed E-state index contributed by atoms with van der Waals surface area (Å²) in [6.45, 7) is 3.10. The smallest absolute Gasteiger partial charge is 0.337 e. The molecule has 0 bridgehead atoms. The lowest BCUT2D eigenvalue weighted by molar-refractivity contribution is -0.165. The molecule has 0 spiro atoms. The van der Waals surface area contributed by atoms with Crippen LogP contribution in [0, 0.1) is 5.92 Å². The van der Waals surface area contributed by atoms with Crippen molar-refractivity contribution >= 4 is 24.3 Å². The van der Waals surface area contributed by atoms with Crippen molar-refractivity contribution in [2.24, 2.45) is 11.7 Å². The van der Waals surface area contributed by atoms with Crippen LogP contribution in [0.1, 0.15) is 26.2 Å². The zero-order valence-corrected chi connectivity index (χ0v) is 13.7. The van der Waals surface area contributed by atoms with Crippen molar-refractivity contribution in [3.63, 3.8) is 0 Å². The maximum atomic E-state index is 12.5. The minimum atomic E-state index is -0.693. The number of nitrogens with zero attached hydrogens (tertiary/aromatic N) is 1. The van der Waals surface area contributed by atoms with Gasteiger partial charge in [-0.05, 0) is 32.1 Å². The normalized spacial score (nSPS) is 26.0. The molecule has 126 valence electrons. The van der Waals surface area contributed by atoms with Gasteiger partial charge in [0.2, 0.25) is 5.91 Å². The predicted octanol–water partition coefficient (Wildman–Crippen LogP) is 0.882. The third-order valence-corrected chi connectivity index (χ3v) is 4.03. The third kappa shape index (κ3) is 4.69. The van der Waals surface area contributed by atoms with Crippen LogP contribution >= 0.6 is 12.4 Å². The molecule has 0 radical (unpaired) electrons. The molecule has 0 aromatic heterocycles. The minimum Gasteiger partial charge on any atom is -0.464 e. The average Bonchev–Trinajstić information content (AvgIpc) is 2.54. The Morgan fingerprint density at radius 3 is 2.86 bits per heavy atom. The molecule has 2 aliphatic rings. The number of allylic oxidation sites excluding steroid dienone is 2. The summed E-state index contributed by atoms with van der Waals surface area (Å²) in [5.41, 5.74) is 6.12. The van der Waals surface area contributed by atoms with Crippen LogP contribution in [0.5, 0.6) is 0 Å². The first-order valence-corrected chi connectivity index (χ1v) is 7.61. The fraction of sp³-hybridized carbons (Fsp3) is 0.733. The van der Waals surface area contributed by atoms with Gasteiger partial charge >= 0.3 is 5.97 Å². The molecule has 7 heteroatoms. The van der Waals surface area contributed by atoms with Gasteiger partial charge in [-0.3, -0.25) is 4.79 Å². The Kier molecular flexibility index (Phi) is 7.85. The molecule has 0 aromatic rings. The maximum absolute atomic E-state index is 12.5. The summed E-state index contributed by atoms with van der Waals surface area (Å²) in [7, 11) is 0. The number of carbonyl (C=O) groups is 2. The van der Waals surface area contributed by atoms with Gasteiger partial charge in [0.1, 0.15) is 0 Å². The molecule has 1 saturated heterocycles. The molecule has 3 atom stereocenters. The van der Waals surface area contributed by atoms with E-state index in [1.165, 1.54) is 0 Å². The van der Waals surface area contributed by atoms with E-state index in [-0.39, 0.29) is 30.8 Å². The third-order valence-electron chi connectivity index (χ3n) is 4.03. The molecule has 22 heavy (non-hydrogen) atoms. The zero-order chi connectivity index (χ0) is 15.2. The lowest BCUT2D eigenvalue weighted by atomic mass is 9.87. The Bertz CT molecular complexity index is 416. The Morgan fingerprint density at radius 1 is 1.45 bits per heavy atom. The van der Waals surface area contributed by atoms with Crippen LogP contribution in [0.25, 0.3) is 0 Å². The van der Waals surface area contributed by atoms with Crippen LogP contribution < -0.4 is 5.73 Å². The number of rotatable bonds is 4. The van der Waals surface area contributed by atoms with E-state index < -0.39 is 18.1 Å². The number of nitrogens with two attached hydrogens (primary N) is 1. The van der Waals surface area contributed by atoms with E-state index in [9.17, 15) is 9.59 Å². The van der Waals surface area contributed by atoms with Crippen molar-refractivity contribution in [2.75, 3.05) is 26.3 Å². The molecule has 2 N–H and O–H groups in total. The van der Waals surface area contributed by atoms with Crippen molar-refractivity contribution in [1.29, 1.82) is 0 Å². The molecular formula is C15H25ClN2O4. The van der Waals surface area contributed by atoms with Gasteiger partial charge in [-0.25, -0.2) is 4.79 Å². The maximum Gasteiger partial charge on any atom is 0.337 e. The van der Waals surface area contributed by atoms with Gasteiger partial charge in [-0.2, -0.15) is 0 Å². The number of hydrogen-bond acceptors (Lipinski definition) is 5. The Hall–Kier alpha value is -1.11. The molecular weight excluding hydrogens is 308 g/mol. The van der Waals surface area contributed by atoms with Crippen LogP contribution in [-0.4, -0.2) is 55.2 Å². The molecule has 1 aliphatic carbocycles. The van der Waals surface area contributed by atoms with Gasteiger partial charge in [0.15, 0.2) is 6.10 Å². The molecule has 0 saturated carbocycles. The van der Waals surface area contributed by atoms with E-state index in [0.29, 0.717) is 19.8 Å². The summed E-state index contributed by atoms with van der Waals surface area (Å²) in [4.78, 5) is 25.8. The van der Waals surface area contributed by atoms with Gasteiger partial charge in [-0.15, -0.1) is 12.4 Å². The second-order valence-corrected chi connectivity index (χ2v) is 5.47. The van der Waals surface area contributed by atoms with Crippen LogP contribution in [0.3, 0.4) is 0 Å². The monoisotopic (exact) mass is 332 g/mol. The highest BCUT2D eigenvalue weighted by molar-refractivity contribution is 5.85. The molecule has 1 amide bonds. The van der Waals surface area contributed by atoms with Gasteiger partial charge in [-0.1, -0.05) is 12.2 Å². The topological polar surface area (TPSA) is 81.9 Å². The molecule has 6 nitrogen and oxygen atoms in total. The van der Waals surface area contributed by atoms with Gasteiger partial charge < -0.3 is 20.1 Å². The molecule has 2 rings (SSSR count). The fourth-order valence-electron chi connectivity index (χ4n) is 2.78. The first-order chi connectivity index (χ1) is 10.1. The zero-order valence-electron chi connectivity index (χ0n) is 12.9. The number of carbonyl (C=O) groups excluding carboxylic acids is 2. The first-order valence-electron chi connectivity index (χ1n) is 7.61. The minimum absolute atomic E-state index is 0. The van der Waals surface area contributed by atoms with Crippen molar-refractivity contribution in [1.82, 2.24) is 4.90 Å². The summed E-state index contributed by atoms with van der Waals surface area (Å²) in [6, 6.07) is -0.504. The van der Waals surface area contributed by atoms with Crippen LogP contribution in [0.15, 0.2) is 12.2 Å². The van der Waals surface area contributed by atoms with E-state index in [1.54, 1.807) is 11.8 Å². The van der Waals surface area contributed by atoms with E-state index in [1.807, 2.05) is 0 Å². The lowest BCUT2D eigenvalue weighted by Crippen LogP contribution is -2.55. The standard InChI is InChI=1S/C15H24N2O4.ClH/c1-2-20-15(19)12-10-17(8-9-21-12)14(18)13(16)11-6-4-3-5-7-11;/h3-4,11-13H,2,5-10,16H2,1H3;1H. The summed E-state index contributed by atoms with van der Waals surface area (Å²) in [6.07, 6.45) is 6.27. The van der Waals surface area contributed by atoms with E-state index in [0.717, 1.165) is 19.3 Å². The van der Waals surface area contributed by atoms with Gasteiger partial charge in [0.05, 0.1) is 25.8 Å². The van der Waals surface area contributed by atoms with Crippen molar-refractivity contribution in [2.45, 2.75) is 38.3 Å². The highest BCUT2D eigenvalue weighted by Crippen LogP contribution is 2.22. The number of amides is 1. The van der Waals surface area contributed by atoms with E-state index >= 15 is 0 Å². The summed E-state index contributed by atoms with van der Waals surface area (Å²) < 4.78 is 10.3. The van der Waals surface area contributed by atoms with Gasteiger partial charge in [0.25, 0.3) is 0 Å². The number of esters is 1. The van der Waals surface area contributed by atoms with Gasteiger partial charge in [0, 0.05) is 6.54 Å². The van der Waals surface area contributed by atoms with Crippen LogP contribution in [0.2, 0.25) is 0 Å². The largest absolute Gasteiger partial charge is 0.464 e. The summed E-state index contributed by atoms with van der Waals surface area (Å²) in [5.74, 6) is -0.316. The highest BCUT2D eigenvalue weighted by atomic mass is 35.5. The second kappa shape index (κ2) is 9.12. The predicted molar refractivity (Wildman–Crippen MR) is 84.7 cm³/mol. The fourth-order valence-corrected chi connectivity index (χ4v) is 2.78. The van der Waals surface area contributed by atoms with E-state index in [2.05, 4.69) is 12.2 Å². The lowest BCUT2D eigenvalue weighted by Gasteiger charge is -2.35. The second-order valence-electron chi connectivity index (χ2n) is 5.47. The molecule has 3 unspecified atom stereocenters. The Balaban J connectivity index is 0.00000242. The molecule has 1 aliphatic heterocycles. The number of hydrogen-bond donors (Lipinski definition) is 1. The Morgan fingerprint density at radius 2 is 2.23 bits per heavy atom. The van der Waals surface area contributed by atoms with Crippen LogP contribution in [0.4, 0.5) is 0 Å².